The van der Waals surface area contributed by atoms with Gasteiger partial charge in [-0.25, -0.2) is 5.43 Å². The molecule has 860 valence electrons. The smallest absolute Gasteiger partial charge is 0.317 e. The minimum atomic E-state index is -3.28. The van der Waals surface area contributed by atoms with E-state index in [0.29, 0.717) is 18.4 Å². The second-order valence-electron chi connectivity index (χ2n) is 43.8. The number of carbonyl (C=O) groups excluding carboxylic acids is 6. The number of amides is 4. The number of ether oxygens (including phenoxy) is 13. The fourth-order valence-electron chi connectivity index (χ4n) is 23.8. The van der Waals surface area contributed by atoms with Crippen molar-refractivity contribution >= 4 is 41.8 Å². The number of esters is 2. The minimum Gasteiger partial charge on any atom is -0.506 e. The zero-order valence-electron chi connectivity index (χ0n) is 86.3. The first-order valence-corrected chi connectivity index (χ1v) is 51.0. The number of hydrazone groups is 1. The van der Waals surface area contributed by atoms with Crippen LogP contribution in [0, 0.1) is 50.2 Å². The number of hydrogen-bond acceptors (Lipinski definition) is 49. The summed E-state index contributed by atoms with van der Waals surface area (Å²) >= 11 is 0. The lowest BCUT2D eigenvalue weighted by molar-refractivity contribution is -0.424. The predicted molar refractivity (Wildman–Crippen MR) is 507 cm³/mol. The number of allylic oxidation sites excluding steroid dienone is 2. The fourth-order valence-corrected chi connectivity index (χ4v) is 23.8. The third-order valence-corrected chi connectivity index (χ3v) is 32.8. The summed E-state index contributed by atoms with van der Waals surface area (Å²) in [5.74, 6) is -15.8. The van der Waals surface area contributed by atoms with Crippen LogP contribution in [0.5, 0.6) is 0 Å². The second kappa shape index (κ2) is 51.4. The highest BCUT2D eigenvalue weighted by Gasteiger charge is 2.74. The highest BCUT2D eigenvalue weighted by Crippen LogP contribution is 2.76. The molecule has 37 unspecified atom stereocenters. The van der Waals surface area contributed by atoms with E-state index in [4.69, 9.17) is 61.6 Å². The molecular weight excluding hydrogens is 2000 g/mol. The number of nitrogens with one attached hydrogen (secondary N) is 2. The zero-order chi connectivity index (χ0) is 112. The Labute approximate surface area is 866 Å². The largest absolute Gasteiger partial charge is 0.506 e. The summed E-state index contributed by atoms with van der Waals surface area (Å²) < 4.78 is 79.5. The molecular formula is C98H160N4O48. The number of aliphatic hydroxyl groups is 29. The van der Waals surface area contributed by atoms with Crippen LogP contribution in [-0.4, -0.2) is 461 Å². The molecule has 150 heavy (non-hydrogen) atoms. The van der Waals surface area contributed by atoms with E-state index in [1.54, 1.807) is 6.92 Å². The molecule has 31 N–H and O–H groups in total. The van der Waals surface area contributed by atoms with Crippen LogP contribution in [0.25, 0.3) is 0 Å². The Kier molecular flexibility index (Phi) is 42.9. The van der Waals surface area contributed by atoms with Crippen LogP contribution in [0.1, 0.15) is 206 Å². The number of hydrogen-bond donors (Lipinski definition) is 31. The van der Waals surface area contributed by atoms with Crippen LogP contribution >= 0.6 is 0 Å². The molecule has 10 aliphatic rings. The zero-order valence-corrected chi connectivity index (χ0v) is 86.3. The van der Waals surface area contributed by atoms with Gasteiger partial charge in [0.2, 0.25) is 35.9 Å². The molecule has 0 radical (unpaired) electrons. The lowest BCUT2D eigenvalue weighted by atomic mass is 9.33. The molecule has 0 aromatic carbocycles. The third-order valence-electron chi connectivity index (χ3n) is 32.8. The molecule has 6 aliphatic carbocycles. The second-order valence-corrected chi connectivity index (χ2v) is 43.8. The average Bonchev–Trinajstić information content (AvgIpc) is 0.697. The van der Waals surface area contributed by atoms with E-state index in [-0.39, 0.29) is 96.4 Å². The maximum absolute atomic E-state index is 16.6. The summed E-state index contributed by atoms with van der Waals surface area (Å²) in [5, 5.41) is 334. The molecule has 0 aromatic rings. The molecule has 52 heteroatoms. The Morgan fingerprint density at radius 2 is 1.25 bits per heavy atom. The van der Waals surface area contributed by atoms with Crippen molar-refractivity contribution in [3.63, 3.8) is 0 Å². The van der Waals surface area contributed by atoms with Gasteiger partial charge in [-0.3, -0.25) is 33.7 Å². The van der Waals surface area contributed by atoms with E-state index in [2.05, 4.69) is 22.8 Å². The quantitative estimate of drug-likeness (QED) is 0.00394. The van der Waals surface area contributed by atoms with E-state index in [0.717, 1.165) is 37.8 Å². The summed E-state index contributed by atoms with van der Waals surface area (Å²) in [6.45, 7) is 14.6. The van der Waals surface area contributed by atoms with Crippen LogP contribution in [0.2, 0.25) is 0 Å². The van der Waals surface area contributed by atoms with E-state index in [1.807, 2.05) is 33.8 Å². The summed E-state index contributed by atoms with van der Waals surface area (Å²) in [5.41, 5.74) is -5.92. The van der Waals surface area contributed by atoms with Gasteiger partial charge < -0.3 is 215 Å². The first-order chi connectivity index (χ1) is 70.1. The highest BCUT2D eigenvalue weighted by atomic mass is 16.8. The van der Waals surface area contributed by atoms with Crippen molar-refractivity contribution in [2.45, 2.75) is 432 Å². The third kappa shape index (κ3) is 26.5. The molecule has 4 heterocycles. The maximum Gasteiger partial charge on any atom is 0.317 e. The molecule has 44 atom stereocenters. The van der Waals surface area contributed by atoms with Gasteiger partial charge in [0.25, 0.3) is 18.1 Å². The van der Waals surface area contributed by atoms with Crippen LogP contribution in [0.4, 0.5) is 0 Å². The molecule has 0 spiro atoms. The van der Waals surface area contributed by atoms with Crippen LogP contribution in [0.15, 0.2) is 51.9 Å². The fraction of sp³-hybridized carbons (Fsp3) is 0.847. The number of nitrogens with zero attached hydrogens (tertiary/aromatic N) is 2. The van der Waals surface area contributed by atoms with E-state index >= 15 is 4.79 Å². The van der Waals surface area contributed by atoms with Gasteiger partial charge in [-0.15, -0.1) is 0 Å². The maximum atomic E-state index is 16.6. The van der Waals surface area contributed by atoms with Crippen molar-refractivity contribution in [3.05, 3.63) is 46.8 Å². The number of aliphatic hydroxyl groups excluding tert-OH is 29. The predicted octanol–water partition coefficient (Wildman–Crippen LogP) is -6.57. The first-order valence-electron chi connectivity index (χ1n) is 51.0. The molecule has 5 saturated carbocycles. The lowest BCUT2D eigenvalue weighted by Gasteiger charge is -2.71. The molecule has 8 fully saturated rings. The molecule has 0 aromatic heterocycles. The van der Waals surface area contributed by atoms with Crippen molar-refractivity contribution in [1.82, 2.24) is 15.6 Å². The number of carbonyl (C=O) groups is 6. The average molecular weight is 2160 g/mol. The molecule has 10 rings (SSSR count). The Hall–Kier alpha value is -6.59. The summed E-state index contributed by atoms with van der Waals surface area (Å²) in [6, 6.07) is 0. The lowest BCUT2D eigenvalue weighted by Crippen LogP contribution is -2.70. The summed E-state index contributed by atoms with van der Waals surface area (Å²) in [7, 11) is 0. The molecule has 4 amide bonds. The van der Waals surface area contributed by atoms with Gasteiger partial charge in [0, 0.05) is 56.7 Å². The molecule has 52 nitrogen and oxygen atoms in total. The monoisotopic (exact) mass is 2160 g/mol. The molecule has 3 saturated heterocycles. The number of rotatable bonds is 49. The topological polar surface area (TPSA) is 849 Å². The minimum absolute atomic E-state index is 0.0603. The first kappa shape index (κ1) is 125. The van der Waals surface area contributed by atoms with Gasteiger partial charge in [-0.1, -0.05) is 66.5 Å². The Balaban J connectivity index is 1.03. The van der Waals surface area contributed by atoms with E-state index in [9.17, 15) is 172 Å². The van der Waals surface area contributed by atoms with Crippen molar-refractivity contribution in [3.8, 4) is 0 Å². The molecule has 0 bridgehead atoms. The van der Waals surface area contributed by atoms with Gasteiger partial charge in [0.1, 0.15) is 128 Å². The Morgan fingerprint density at radius 3 is 1.85 bits per heavy atom. The van der Waals surface area contributed by atoms with Gasteiger partial charge >= 0.3 is 11.9 Å². The van der Waals surface area contributed by atoms with Crippen LogP contribution < -0.4 is 10.7 Å². The SMILES string of the molecule is CCC(OC(C)=O)C(OC1CCC(O)C(O)C1O)C(O)C(O)OC1C(C)OC(OC(=O)[C@]23CCC(C)(C)CC2C2=CCC4[C@@]5(C)CC[C@H](OC(CO)(OC6OC(CO)C(O)C(O)C6O)C(OC(O)C(O)C(O)C(C)O)C(O)CC(=O)NC(C)(CO)CO)[C@@](C)(/C=N/NC(=O)CCCCCN6C(=O)C=CC6=O)C5CC[C@@]4(C)[C@]2(C)C[C@H]3O)C(OC2OC(C)C(OC(O)/C(O)=C(/OC(O)/C(O)=C(/O)C(O)CCO)C(C)O)C(O)C2O)C1O. The number of imide groups is 1. The van der Waals surface area contributed by atoms with Gasteiger partial charge in [0.05, 0.1) is 80.6 Å². The van der Waals surface area contributed by atoms with Crippen molar-refractivity contribution in [2.24, 2.45) is 55.3 Å². The highest BCUT2D eigenvalue weighted by molar-refractivity contribution is 6.12. The standard InChI is InChI=1S/C98H160N4O48/c1-14-52(140-46(6)110)80(141-53-21-20-49(111)64(120)66(53)122)76(132)86(136)145-79-45(5)139-89(81(74(79)130)146-87-73(129)69(125)78(44(4)138-87)144-85(135)75(131)77(43(3)109)143-83(133)71(127)65(121)50(112)27-33-103)148-90(137)97-31-30-91(7,8)35-48(97)47-19-22-56-93(10)28-26-58(94(11,55(93)25-29-95(56,12)96(47,13)36-57(97)114)38-99-101-59(115)18-16-15-17-32-102-61(117)23-24-62(102)118)149-98(41-107,150-88-72(128)68(124)67(123)54(37-104)142-88)82(147-84(134)70(126)63(119)42(2)108)51(113)34-60(116)100-92(9,39-105)40-106/h19,23-24,38,42-45,48-58,63-64,66-70,72-74,76,78-89,103-109,111-114,119-136H,14-18,20-22,25-37,39-41H2,1-13H3,(H,100,116)(H,101,115)/b71-65-,77-75-,99-38+/t42?,43?,44?,45?,48?,49?,50?,51?,52?,53?,54?,55?,56?,57-,58+,63?,64?,66?,67?,68?,69?,70?,72?,73?,74?,76?,78?,79?,80?,81?,82?,83?,84?,85?,86?,87?,88?,89?,93+,94+,95-,96-,97-,98?/m1/s1. The summed E-state index contributed by atoms with van der Waals surface area (Å²) in [6.07, 6.45) is -68.9. The Morgan fingerprint density at radius 1 is 0.620 bits per heavy atom. The molecule has 4 aliphatic heterocycles. The number of fused-ring (bicyclic) bond motifs is 7. The summed E-state index contributed by atoms with van der Waals surface area (Å²) in [4.78, 5) is 83.2. The van der Waals surface area contributed by atoms with Crippen molar-refractivity contribution < 1.29 is 238 Å². The van der Waals surface area contributed by atoms with Crippen LogP contribution in [-0.2, 0) is 90.3 Å². The normalized spacial score (nSPS) is 38.3. The van der Waals surface area contributed by atoms with E-state index in [1.165, 1.54) is 33.9 Å². The van der Waals surface area contributed by atoms with Crippen LogP contribution in [0.3, 0.4) is 0 Å². The Bertz CT molecular complexity index is 4620. The van der Waals surface area contributed by atoms with Crippen molar-refractivity contribution in [2.75, 3.05) is 39.6 Å². The van der Waals surface area contributed by atoms with Crippen molar-refractivity contribution in [1.29, 1.82) is 0 Å². The van der Waals surface area contributed by atoms with Gasteiger partial charge in [-0.2, -0.15) is 5.10 Å². The van der Waals surface area contributed by atoms with Gasteiger partial charge in [0.15, 0.2) is 48.5 Å². The van der Waals surface area contributed by atoms with Gasteiger partial charge in [-0.05, 0) is 164 Å². The number of unbranched alkanes of at least 4 members (excludes halogenated alkanes) is 2. The van der Waals surface area contributed by atoms with E-state index < -0.39 is 381 Å².